The Morgan fingerprint density at radius 3 is 1.62 bits per heavy atom. The standard InChI is InChI=1S/C4H10O2P.C3H6N6/c1-3-6-7(5)4-2;4-1-7-2(5)9-3(6)8-1/h3-4H2,1-2H3;(H6,4,5,6,7,8,9)/q+1;. The molecule has 0 bridgehead atoms. The lowest BCUT2D eigenvalue weighted by Crippen LogP contribution is -2.05. The maximum absolute atomic E-state index is 10.3. The van der Waals surface area contributed by atoms with Crippen LogP contribution in [0.3, 0.4) is 0 Å². The predicted octanol–water partition coefficient (Wildman–Crippen LogP) is 0.403. The van der Waals surface area contributed by atoms with Crippen molar-refractivity contribution in [3.05, 3.63) is 0 Å². The SMILES string of the molecule is CCO[P+](=O)CC.Nc1nc(N)nc(N)n1. The summed E-state index contributed by atoms with van der Waals surface area (Å²) in [5.74, 6) is 0.125. The third-order valence-corrected chi connectivity index (χ3v) is 2.28. The van der Waals surface area contributed by atoms with Gasteiger partial charge >= 0.3 is 8.03 Å². The van der Waals surface area contributed by atoms with Gasteiger partial charge in [0.05, 0.1) is 6.61 Å². The van der Waals surface area contributed by atoms with Crippen LogP contribution in [-0.2, 0) is 9.09 Å². The van der Waals surface area contributed by atoms with E-state index in [1.165, 1.54) is 0 Å². The molecule has 0 aliphatic heterocycles. The van der Waals surface area contributed by atoms with E-state index < -0.39 is 8.03 Å². The van der Waals surface area contributed by atoms with Gasteiger partial charge < -0.3 is 17.2 Å². The Morgan fingerprint density at radius 1 is 1.06 bits per heavy atom. The Labute approximate surface area is 94.5 Å². The van der Waals surface area contributed by atoms with Crippen LogP contribution in [0.25, 0.3) is 0 Å². The number of anilines is 3. The van der Waals surface area contributed by atoms with Crippen molar-refractivity contribution in [3.8, 4) is 0 Å². The summed E-state index contributed by atoms with van der Waals surface area (Å²) in [6, 6.07) is 0. The van der Waals surface area contributed by atoms with E-state index in [0.29, 0.717) is 12.8 Å². The monoisotopic (exact) mass is 247 g/mol. The highest BCUT2D eigenvalue weighted by Crippen LogP contribution is 2.19. The highest BCUT2D eigenvalue weighted by molar-refractivity contribution is 7.39. The van der Waals surface area contributed by atoms with Gasteiger partial charge in [-0.1, -0.05) is 0 Å². The summed E-state index contributed by atoms with van der Waals surface area (Å²) < 4.78 is 15.0. The van der Waals surface area contributed by atoms with Crippen LogP contribution < -0.4 is 17.2 Å². The number of nitrogens with two attached hydrogens (primary N) is 3. The van der Waals surface area contributed by atoms with E-state index in [0.717, 1.165) is 0 Å². The number of hydrogen-bond acceptors (Lipinski definition) is 8. The van der Waals surface area contributed by atoms with Gasteiger partial charge in [-0.15, -0.1) is 4.52 Å². The first-order chi connectivity index (χ1) is 7.49. The molecule has 0 aromatic carbocycles. The van der Waals surface area contributed by atoms with Crippen LogP contribution in [0, 0.1) is 0 Å². The van der Waals surface area contributed by atoms with Crippen molar-refractivity contribution >= 4 is 25.9 Å². The van der Waals surface area contributed by atoms with Crippen LogP contribution in [0.2, 0.25) is 0 Å². The van der Waals surface area contributed by atoms with Crippen molar-refractivity contribution in [2.75, 3.05) is 30.0 Å². The molecule has 16 heavy (non-hydrogen) atoms. The van der Waals surface area contributed by atoms with E-state index in [2.05, 4.69) is 15.0 Å². The normalized spacial score (nSPS) is 10.2. The number of aromatic nitrogens is 3. The molecule has 0 aliphatic rings. The summed E-state index contributed by atoms with van der Waals surface area (Å²) in [5.41, 5.74) is 15.4. The van der Waals surface area contributed by atoms with Crippen LogP contribution in [0.1, 0.15) is 13.8 Å². The zero-order chi connectivity index (χ0) is 12.6. The maximum Gasteiger partial charge on any atom is 0.507 e. The molecule has 8 nitrogen and oxygen atoms in total. The Bertz CT molecular complexity index is 297. The molecular weight excluding hydrogens is 231 g/mol. The van der Waals surface area contributed by atoms with Crippen molar-refractivity contribution in [1.82, 2.24) is 15.0 Å². The molecule has 1 unspecified atom stereocenters. The maximum atomic E-state index is 10.3. The summed E-state index contributed by atoms with van der Waals surface area (Å²) in [5, 5.41) is 0. The number of rotatable bonds is 3. The average molecular weight is 247 g/mol. The molecule has 0 saturated carbocycles. The lowest BCUT2D eigenvalue weighted by molar-refractivity contribution is 0.351. The Kier molecular flexibility index (Phi) is 6.98. The minimum atomic E-state index is -1.33. The zero-order valence-corrected chi connectivity index (χ0v) is 10.1. The predicted molar refractivity (Wildman–Crippen MR) is 62.8 cm³/mol. The van der Waals surface area contributed by atoms with Crippen molar-refractivity contribution in [2.45, 2.75) is 13.8 Å². The first-order valence-electron chi connectivity index (χ1n) is 4.59. The summed E-state index contributed by atoms with van der Waals surface area (Å²) >= 11 is 0. The van der Waals surface area contributed by atoms with Crippen LogP contribution >= 0.6 is 8.03 Å². The topological polar surface area (TPSA) is 143 Å². The van der Waals surface area contributed by atoms with E-state index in [9.17, 15) is 4.57 Å². The van der Waals surface area contributed by atoms with Crippen molar-refractivity contribution in [3.63, 3.8) is 0 Å². The fourth-order valence-electron chi connectivity index (χ4n) is 0.662. The van der Waals surface area contributed by atoms with Gasteiger partial charge in [0.1, 0.15) is 0 Å². The third kappa shape index (κ3) is 6.86. The van der Waals surface area contributed by atoms with Crippen molar-refractivity contribution in [2.24, 2.45) is 0 Å². The second kappa shape index (κ2) is 7.72. The van der Waals surface area contributed by atoms with Gasteiger partial charge in [0.25, 0.3) is 0 Å². The molecule has 0 amide bonds. The van der Waals surface area contributed by atoms with E-state index in [4.69, 9.17) is 21.7 Å². The molecule has 9 heteroatoms. The summed E-state index contributed by atoms with van der Waals surface area (Å²) in [6.07, 6.45) is 0.628. The smallest absolute Gasteiger partial charge is 0.368 e. The van der Waals surface area contributed by atoms with Gasteiger partial charge in [0, 0.05) is 0 Å². The average Bonchev–Trinajstić information content (AvgIpc) is 2.16. The number of nitrogen functional groups attached to an aromatic ring is 3. The third-order valence-electron chi connectivity index (χ3n) is 1.22. The Hall–Kier alpha value is -1.53. The number of hydrogen-bond donors (Lipinski definition) is 3. The minimum absolute atomic E-state index is 0.0417. The molecule has 1 heterocycles. The first kappa shape index (κ1) is 14.5. The van der Waals surface area contributed by atoms with E-state index in [1.807, 2.05) is 13.8 Å². The molecule has 0 saturated heterocycles. The van der Waals surface area contributed by atoms with Crippen molar-refractivity contribution in [1.29, 1.82) is 0 Å². The molecule has 0 aliphatic carbocycles. The zero-order valence-electron chi connectivity index (χ0n) is 9.25. The highest BCUT2D eigenvalue weighted by Gasteiger charge is 2.08. The van der Waals surface area contributed by atoms with E-state index in [1.54, 1.807) is 0 Å². The fraction of sp³-hybridized carbons (Fsp3) is 0.571. The summed E-state index contributed by atoms with van der Waals surface area (Å²) in [7, 11) is -1.33. The second-order valence-electron chi connectivity index (χ2n) is 2.48. The molecule has 1 aromatic heterocycles. The molecule has 90 valence electrons. The molecule has 1 rings (SSSR count). The lowest BCUT2D eigenvalue weighted by atomic mass is 10.9. The van der Waals surface area contributed by atoms with Crippen LogP contribution in [0.15, 0.2) is 0 Å². The van der Waals surface area contributed by atoms with Gasteiger partial charge in [-0.05, 0) is 18.4 Å². The van der Waals surface area contributed by atoms with Crippen LogP contribution in [0.5, 0.6) is 0 Å². The molecule has 1 atom stereocenters. The van der Waals surface area contributed by atoms with Gasteiger partial charge in [0.2, 0.25) is 17.8 Å². The Balaban J connectivity index is 0.000000293. The molecular formula is C7H16N6O2P+. The van der Waals surface area contributed by atoms with Crippen LogP contribution in [-0.4, -0.2) is 27.7 Å². The minimum Gasteiger partial charge on any atom is -0.368 e. The van der Waals surface area contributed by atoms with E-state index >= 15 is 0 Å². The van der Waals surface area contributed by atoms with E-state index in [-0.39, 0.29) is 17.8 Å². The van der Waals surface area contributed by atoms with Crippen molar-refractivity contribution < 1.29 is 9.09 Å². The molecule has 0 spiro atoms. The van der Waals surface area contributed by atoms with Gasteiger partial charge in [-0.2, -0.15) is 15.0 Å². The first-order valence-corrected chi connectivity index (χ1v) is 5.95. The molecule has 6 N–H and O–H groups in total. The quantitative estimate of drug-likeness (QED) is 0.651. The number of nitrogens with zero attached hydrogens (tertiary/aromatic N) is 3. The fourth-order valence-corrected chi connectivity index (χ4v) is 1.13. The van der Waals surface area contributed by atoms with Gasteiger partial charge in [-0.25, -0.2) is 0 Å². The van der Waals surface area contributed by atoms with Gasteiger partial charge in [0.15, 0.2) is 6.16 Å². The molecule has 0 radical (unpaired) electrons. The Morgan fingerprint density at radius 2 is 1.44 bits per heavy atom. The largest absolute Gasteiger partial charge is 0.507 e. The van der Waals surface area contributed by atoms with Crippen LogP contribution in [0.4, 0.5) is 17.8 Å². The summed E-state index contributed by atoms with van der Waals surface area (Å²) in [4.78, 5) is 10.5. The summed E-state index contributed by atoms with van der Waals surface area (Å²) in [6.45, 7) is 4.24. The van der Waals surface area contributed by atoms with Gasteiger partial charge in [-0.3, -0.25) is 0 Å². The molecule has 1 aromatic rings. The second-order valence-corrected chi connectivity index (χ2v) is 4.03. The molecule has 0 fully saturated rings. The lowest BCUT2D eigenvalue weighted by Gasteiger charge is -1.93. The highest BCUT2D eigenvalue weighted by atomic mass is 31.1.